The molecule has 134 valence electrons. The van der Waals surface area contributed by atoms with E-state index in [-0.39, 0.29) is 17.2 Å². The van der Waals surface area contributed by atoms with Crippen LogP contribution in [0.25, 0.3) is 0 Å². The van der Waals surface area contributed by atoms with Crippen LogP contribution in [0.4, 0.5) is 0 Å². The maximum atomic E-state index is 10.8. The van der Waals surface area contributed by atoms with Gasteiger partial charge < -0.3 is 15.3 Å². The Labute approximate surface area is 154 Å². The maximum Gasteiger partial charge on any atom is 0.122 e. The molecule has 0 heterocycles. The van der Waals surface area contributed by atoms with Crippen molar-refractivity contribution in [2.24, 2.45) is 0 Å². The van der Waals surface area contributed by atoms with E-state index < -0.39 is 0 Å². The topological polar surface area (TPSA) is 60.7 Å². The molecular formula is C23H24O3. The molecule has 3 nitrogen and oxygen atoms in total. The van der Waals surface area contributed by atoms with E-state index in [0.717, 1.165) is 38.9 Å². The highest BCUT2D eigenvalue weighted by Crippen LogP contribution is 2.33. The molecule has 0 aromatic heterocycles. The number of aryl methyl sites for hydroxylation is 3. The summed E-state index contributed by atoms with van der Waals surface area (Å²) in [5.41, 5.74) is 6.08. The summed E-state index contributed by atoms with van der Waals surface area (Å²) in [6.45, 7) is 5.81. The van der Waals surface area contributed by atoms with Crippen LogP contribution in [0.1, 0.15) is 38.9 Å². The monoisotopic (exact) mass is 348 g/mol. The van der Waals surface area contributed by atoms with Gasteiger partial charge in [0.25, 0.3) is 0 Å². The van der Waals surface area contributed by atoms with E-state index in [4.69, 9.17) is 0 Å². The van der Waals surface area contributed by atoms with Gasteiger partial charge in [-0.15, -0.1) is 0 Å². The minimum atomic E-state index is 0.227. The Morgan fingerprint density at radius 1 is 0.615 bits per heavy atom. The Morgan fingerprint density at radius 3 is 1.65 bits per heavy atom. The third-order valence-corrected chi connectivity index (χ3v) is 4.83. The molecule has 3 aromatic rings. The van der Waals surface area contributed by atoms with E-state index in [0.29, 0.717) is 12.8 Å². The molecule has 26 heavy (non-hydrogen) atoms. The fourth-order valence-electron chi connectivity index (χ4n) is 3.19. The predicted octanol–water partition coefficient (Wildman–Crippen LogP) is 4.91. The van der Waals surface area contributed by atoms with E-state index in [2.05, 4.69) is 0 Å². The average Bonchev–Trinajstić information content (AvgIpc) is 2.58. The number of hydrogen-bond donors (Lipinski definition) is 3. The second-order valence-corrected chi connectivity index (χ2v) is 6.99. The van der Waals surface area contributed by atoms with Crippen molar-refractivity contribution in [3.8, 4) is 17.2 Å². The number of benzene rings is 3. The fourth-order valence-corrected chi connectivity index (χ4v) is 3.19. The number of rotatable bonds is 4. The number of phenolic OH excluding ortho intramolecular Hbond substituents is 3. The molecule has 0 aliphatic heterocycles. The molecule has 0 aliphatic rings. The lowest BCUT2D eigenvalue weighted by atomic mass is 9.93. The summed E-state index contributed by atoms with van der Waals surface area (Å²) in [5.74, 6) is 0.707. The van der Waals surface area contributed by atoms with Crippen LogP contribution in [-0.2, 0) is 12.8 Å². The first-order valence-corrected chi connectivity index (χ1v) is 8.72. The van der Waals surface area contributed by atoms with Crippen LogP contribution < -0.4 is 0 Å². The van der Waals surface area contributed by atoms with E-state index in [1.807, 2.05) is 57.2 Å². The molecule has 0 atom stereocenters. The molecule has 3 N–H and O–H groups in total. The van der Waals surface area contributed by atoms with Crippen LogP contribution in [0.3, 0.4) is 0 Å². The van der Waals surface area contributed by atoms with Crippen molar-refractivity contribution in [3.05, 3.63) is 87.5 Å². The summed E-state index contributed by atoms with van der Waals surface area (Å²) in [7, 11) is 0. The van der Waals surface area contributed by atoms with Gasteiger partial charge in [0.2, 0.25) is 0 Å². The summed E-state index contributed by atoms with van der Waals surface area (Å²) in [5, 5.41) is 31.2. The highest BCUT2D eigenvalue weighted by molar-refractivity contribution is 5.52. The van der Waals surface area contributed by atoms with Crippen molar-refractivity contribution in [3.63, 3.8) is 0 Å². The summed E-state index contributed by atoms with van der Waals surface area (Å²) in [6, 6.07) is 15.0. The lowest BCUT2D eigenvalue weighted by Crippen LogP contribution is -1.98. The first-order chi connectivity index (χ1) is 12.3. The van der Waals surface area contributed by atoms with Crippen LogP contribution >= 0.6 is 0 Å². The molecule has 0 spiro atoms. The summed E-state index contributed by atoms with van der Waals surface area (Å²) < 4.78 is 0. The number of hydrogen-bond acceptors (Lipinski definition) is 3. The summed E-state index contributed by atoms with van der Waals surface area (Å²) in [4.78, 5) is 0. The minimum absolute atomic E-state index is 0.227. The maximum absolute atomic E-state index is 10.8. The van der Waals surface area contributed by atoms with Crippen LogP contribution in [0.2, 0.25) is 0 Å². The molecule has 0 unspecified atom stereocenters. The number of aromatic hydroxyl groups is 3. The van der Waals surface area contributed by atoms with Crippen LogP contribution in [0.5, 0.6) is 17.2 Å². The molecule has 0 amide bonds. The number of phenols is 3. The minimum Gasteiger partial charge on any atom is -0.508 e. The molecular weight excluding hydrogens is 324 g/mol. The fraction of sp³-hybridized carbons (Fsp3) is 0.217. The van der Waals surface area contributed by atoms with Crippen LogP contribution in [0, 0.1) is 20.8 Å². The van der Waals surface area contributed by atoms with Crippen molar-refractivity contribution < 1.29 is 15.3 Å². The standard InChI is InChI=1S/C23H24O3/c1-14-4-7-17(21(24)10-14)12-19-9-6-16(3)20(23(19)26)13-18-8-5-15(2)11-22(18)25/h4-11,24-26H,12-13H2,1-3H3. The van der Waals surface area contributed by atoms with Crippen molar-refractivity contribution in [2.75, 3.05) is 0 Å². The first kappa shape index (κ1) is 17.9. The highest BCUT2D eigenvalue weighted by atomic mass is 16.3. The third kappa shape index (κ3) is 3.67. The Bertz CT molecular complexity index is 958. The van der Waals surface area contributed by atoms with Crippen molar-refractivity contribution >= 4 is 0 Å². The Kier molecular flexibility index (Phi) is 4.90. The van der Waals surface area contributed by atoms with Gasteiger partial charge in [-0.3, -0.25) is 0 Å². The molecule has 0 radical (unpaired) electrons. The SMILES string of the molecule is Cc1ccc(Cc2ccc(C)c(Cc3ccc(C)cc3O)c2O)c(O)c1. The van der Waals surface area contributed by atoms with E-state index in [1.165, 1.54) is 0 Å². The molecule has 0 bridgehead atoms. The quantitative estimate of drug-likeness (QED) is 0.628. The first-order valence-electron chi connectivity index (χ1n) is 8.72. The molecule has 0 aliphatic carbocycles. The van der Waals surface area contributed by atoms with Gasteiger partial charge in [0.15, 0.2) is 0 Å². The molecule has 0 saturated heterocycles. The molecule has 3 aromatic carbocycles. The summed E-state index contributed by atoms with van der Waals surface area (Å²) >= 11 is 0. The Balaban J connectivity index is 1.95. The largest absolute Gasteiger partial charge is 0.508 e. The highest BCUT2D eigenvalue weighted by Gasteiger charge is 2.14. The van der Waals surface area contributed by atoms with Gasteiger partial charge in [0.05, 0.1) is 0 Å². The predicted molar refractivity (Wildman–Crippen MR) is 104 cm³/mol. The van der Waals surface area contributed by atoms with Gasteiger partial charge in [-0.2, -0.15) is 0 Å². The normalized spacial score (nSPS) is 10.9. The second kappa shape index (κ2) is 7.12. The van der Waals surface area contributed by atoms with Gasteiger partial charge in [-0.25, -0.2) is 0 Å². The van der Waals surface area contributed by atoms with E-state index >= 15 is 0 Å². The van der Waals surface area contributed by atoms with Crippen LogP contribution in [-0.4, -0.2) is 15.3 Å². The van der Waals surface area contributed by atoms with Gasteiger partial charge in [0.1, 0.15) is 17.2 Å². The van der Waals surface area contributed by atoms with E-state index in [1.54, 1.807) is 12.1 Å². The lowest BCUT2D eigenvalue weighted by Gasteiger charge is -2.15. The van der Waals surface area contributed by atoms with E-state index in [9.17, 15) is 15.3 Å². The zero-order valence-electron chi connectivity index (χ0n) is 15.4. The zero-order valence-corrected chi connectivity index (χ0v) is 15.4. The van der Waals surface area contributed by atoms with Crippen molar-refractivity contribution in [1.29, 1.82) is 0 Å². The summed E-state index contributed by atoms with van der Waals surface area (Å²) in [6.07, 6.45) is 0.905. The van der Waals surface area contributed by atoms with Gasteiger partial charge in [0, 0.05) is 18.4 Å². The van der Waals surface area contributed by atoms with Crippen molar-refractivity contribution in [1.82, 2.24) is 0 Å². The second-order valence-electron chi connectivity index (χ2n) is 6.99. The third-order valence-electron chi connectivity index (χ3n) is 4.83. The molecule has 3 heteroatoms. The molecule has 0 saturated carbocycles. The Morgan fingerprint density at radius 2 is 1.12 bits per heavy atom. The lowest BCUT2D eigenvalue weighted by molar-refractivity contribution is 0.456. The molecule has 0 fully saturated rings. The van der Waals surface area contributed by atoms with Gasteiger partial charge in [-0.05, 0) is 66.3 Å². The average molecular weight is 348 g/mol. The smallest absolute Gasteiger partial charge is 0.122 e. The van der Waals surface area contributed by atoms with Gasteiger partial charge >= 0.3 is 0 Å². The van der Waals surface area contributed by atoms with Crippen molar-refractivity contribution in [2.45, 2.75) is 33.6 Å². The Hall–Kier alpha value is -2.94. The van der Waals surface area contributed by atoms with Crippen LogP contribution in [0.15, 0.2) is 48.5 Å². The van der Waals surface area contributed by atoms with Gasteiger partial charge in [-0.1, -0.05) is 36.4 Å². The molecule has 3 rings (SSSR count). The zero-order chi connectivity index (χ0) is 18.8.